The lowest BCUT2D eigenvalue weighted by Gasteiger charge is -2.32. The molecular formula is C25H26FN7O. The van der Waals surface area contributed by atoms with E-state index in [2.05, 4.69) is 37.3 Å². The van der Waals surface area contributed by atoms with Gasteiger partial charge in [-0.2, -0.15) is 0 Å². The molecule has 4 aromatic rings. The van der Waals surface area contributed by atoms with Crippen LogP contribution in [0.3, 0.4) is 0 Å². The van der Waals surface area contributed by atoms with Gasteiger partial charge in [-0.15, -0.1) is 5.10 Å². The highest BCUT2D eigenvalue weighted by Crippen LogP contribution is 2.26. The van der Waals surface area contributed by atoms with Crippen molar-refractivity contribution >= 4 is 5.95 Å². The average Bonchev–Trinajstić information content (AvgIpc) is 3.43. The minimum absolute atomic E-state index is 0.210. The fraction of sp³-hybridized carbons (Fsp3) is 0.320. The first kappa shape index (κ1) is 22.1. The van der Waals surface area contributed by atoms with Crippen LogP contribution in [0.5, 0.6) is 0 Å². The van der Waals surface area contributed by atoms with Crippen LogP contribution in [0, 0.1) is 5.82 Å². The SMILES string of the molecule is CCc1cnc(N2CCC(OCc3ccc(-c4ccc(-n5cnnn5)cc4F)cc3)CC2)nc1. The molecule has 34 heavy (non-hydrogen) atoms. The second-order valence-electron chi connectivity index (χ2n) is 8.36. The first-order valence-electron chi connectivity index (χ1n) is 11.5. The number of halogens is 1. The zero-order valence-corrected chi connectivity index (χ0v) is 19.0. The lowest BCUT2D eigenvalue weighted by Crippen LogP contribution is -2.38. The number of piperidine rings is 1. The zero-order chi connectivity index (χ0) is 23.3. The molecule has 0 aliphatic carbocycles. The number of hydrogen-bond acceptors (Lipinski definition) is 7. The molecular weight excluding hydrogens is 433 g/mol. The van der Waals surface area contributed by atoms with Gasteiger partial charge in [-0.05, 0) is 58.5 Å². The standard InChI is InChI=1S/C25H26FN7O/c1-2-18-14-27-25(28-15-18)32-11-9-22(10-12-32)34-16-19-3-5-20(6-4-19)23-8-7-21(13-24(23)26)33-17-29-30-31-33/h3-8,13-15,17,22H,2,9-12,16H2,1H3. The maximum absolute atomic E-state index is 14.7. The maximum Gasteiger partial charge on any atom is 0.225 e. The molecule has 3 heterocycles. The maximum atomic E-state index is 14.7. The van der Waals surface area contributed by atoms with Crippen molar-refractivity contribution in [3.63, 3.8) is 0 Å². The summed E-state index contributed by atoms with van der Waals surface area (Å²) in [5.41, 5.74) is 4.14. The van der Waals surface area contributed by atoms with Crippen molar-refractivity contribution in [2.45, 2.75) is 38.9 Å². The lowest BCUT2D eigenvalue weighted by atomic mass is 10.0. The molecule has 2 aromatic carbocycles. The Hall–Kier alpha value is -3.72. The number of aryl methyl sites for hydroxylation is 1. The summed E-state index contributed by atoms with van der Waals surface area (Å²) in [6.07, 6.45) is 8.28. The number of anilines is 1. The Bertz CT molecular complexity index is 1210. The summed E-state index contributed by atoms with van der Waals surface area (Å²) in [7, 11) is 0. The Kier molecular flexibility index (Phi) is 6.53. The van der Waals surface area contributed by atoms with Crippen molar-refractivity contribution in [1.29, 1.82) is 0 Å². The molecule has 9 heteroatoms. The van der Waals surface area contributed by atoms with Gasteiger partial charge in [-0.1, -0.05) is 31.2 Å². The molecule has 0 unspecified atom stereocenters. The van der Waals surface area contributed by atoms with Gasteiger partial charge in [0.2, 0.25) is 5.95 Å². The summed E-state index contributed by atoms with van der Waals surface area (Å²) in [5, 5.41) is 11.0. The number of benzene rings is 2. The number of hydrogen-bond donors (Lipinski definition) is 0. The average molecular weight is 460 g/mol. The monoisotopic (exact) mass is 459 g/mol. The second-order valence-corrected chi connectivity index (χ2v) is 8.36. The van der Waals surface area contributed by atoms with E-state index in [9.17, 15) is 4.39 Å². The van der Waals surface area contributed by atoms with Gasteiger partial charge >= 0.3 is 0 Å². The highest BCUT2D eigenvalue weighted by Gasteiger charge is 2.21. The van der Waals surface area contributed by atoms with Crippen molar-refractivity contribution in [1.82, 2.24) is 30.2 Å². The van der Waals surface area contributed by atoms with Crippen LogP contribution in [0.25, 0.3) is 16.8 Å². The molecule has 0 amide bonds. The van der Waals surface area contributed by atoms with Gasteiger partial charge in [0, 0.05) is 37.1 Å². The van der Waals surface area contributed by atoms with Crippen molar-refractivity contribution in [2.75, 3.05) is 18.0 Å². The van der Waals surface area contributed by atoms with Crippen LogP contribution in [-0.2, 0) is 17.8 Å². The zero-order valence-electron chi connectivity index (χ0n) is 19.0. The van der Waals surface area contributed by atoms with Crippen molar-refractivity contribution in [2.24, 2.45) is 0 Å². The number of rotatable bonds is 7. The molecule has 1 saturated heterocycles. The number of aromatic nitrogens is 6. The minimum atomic E-state index is -0.322. The third-order valence-corrected chi connectivity index (χ3v) is 6.14. The first-order valence-corrected chi connectivity index (χ1v) is 11.5. The van der Waals surface area contributed by atoms with Gasteiger partial charge in [0.05, 0.1) is 18.4 Å². The van der Waals surface area contributed by atoms with E-state index in [0.29, 0.717) is 17.9 Å². The van der Waals surface area contributed by atoms with E-state index in [0.717, 1.165) is 55.0 Å². The molecule has 1 aliphatic rings. The highest BCUT2D eigenvalue weighted by atomic mass is 19.1. The van der Waals surface area contributed by atoms with Crippen LogP contribution in [0.2, 0.25) is 0 Å². The van der Waals surface area contributed by atoms with Crippen LogP contribution in [-0.4, -0.2) is 49.4 Å². The Morgan fingerprint density at radius 1 is 1.00 bits per heavy atom. The number of nitrogens with zero attached hydrogens (tertiary/aromatic N) is 7. The Morgan fingerprint density at radius 3 is 2.41 bits per heavy atom. The summed E-state index contributed by atoms with van der Waals surface area (Å²) in [6.45, 7) is 4.40. The normalized spacial score (nSPS) is 14.5. The van der Waals surface area contributed by atoms with E-state index in [1.807, 2.05) is 36.7 Å². The first-order chi connectivity index (χ1) is 16.7. The van der Waals surface area contributed by atoms with E-state index in [1.54, 1.807) is 12.1 Å². The molecule has 0 atom stereocenters. The molecule has 0 spiro atoms. The quantitative estimate of drug-likeness (QED) is 0.413. The van der Waals surface area contributed by atoms with E-state index in [-0.39, 0.29) is 11.9 Å². The Morgan fingerprint density at radius 2 is 1.76 bits per heavy atom. The van der Waals surface area contributed by atoms with Crippen molar-refractivity contribution in [3.05, 3.63) is 78.1 Å². The van der Waals surface area contributed by atoms with Crippen LogP contribution in [0.1, 0.15) is 30.9 Å². The summed E-state index contributed by atoms with van der Waals surface area (Å²) >= 11 is 0. The van der Waals surface area contributed by atoms with E-state index in [1.165, 1.54) is 17.1 Å². The Balaban J connectivity index is 1.14. The molecule has 0 N–H and O–H groups in total. The van der Waals surface area contributed by atoms with E-state index < -0.39 is 0 Å². The fourth-order valence-electron chi connectivity index (χ4n) is 4.07. The molecule has 5 rings (SSSR count). The van der Waals surface area contributed by atoms with Crippen LogP contribution >= 0.6 is 0 Å². The molecule has 2 aromatic heterocycles. The van der Waals surface area contributed by atoms with Gasteiger partial charge < -0.3 is 9.64 Å². The third-order valence-electron chi connectivity index (χ3n) is 6.14. The summed E-state index contributed by atoms with van der Waals surface area (Å²) in [5.74, 6) is 0.474. The smallest absolute Gasteiger partial charge is 0.225 e. The minimum Gasteiger partial charge on any atom is -0.373 e. The third kappa shape index (κ3) is 4.94. The highest BCUT2D eigenvalue weighted by molar-refractivity contribution is 5.65. The number of ether oxygens (including phenoxy) is 1. The Labute approximate surface area is 197 Å². The summed E-state index contributed by atoms with van der Waals surface area (Å²) in [6, 6.07) is 12.8. The van der Waals surface area contributed by atoms with Crippen molar-refractivity contribution in [3.8, 4) is 16.8 Å². The molecule has 0 radical (unpaired) electrons. The van der Waals surface area contributed by atoms with Gasteiger partial charge in [-0.25, -0.2) is 19.0 Å². The predicted molar refractivity (Wildman–Crippen MR) is 126 cm³/mol. The topological polar surface area (TPSA) is 81.9 Å². The summed E-state index contributed by atoms with van der Waals surface area (Å²) in [4.78, 5) is 11.2. The molecule has 8 nitrogen and oxygen atoms in total. The molecule has 0 bridgehead atoms. The largest absolute Gasteiger partial charge is 0.373 e. The lowest BCUT2D eigenvalue weighted by molar-refractivity contribution is 0.0250. The predicted octanol–water partition coefficient (Wildman–Crippen LogP) is 4.01. The molecule has 1 aliphatic heterocycles. The van der Waals surface area contributed by atoms with Gasteiger partial charge in [0.15, 0.2) is 0 Å². The molecule has 1 fully saturated rings. The molecule has 0 saturated carbocycles. The fourth-order valence-corrected chi connectivity index (χ4v) is 4.07. The van der Waals surface area contributed by atoms with Crippen molar-refractivity contribution < 1.29 is 9.13 Å². The number of tetrazole rings is 1. The van der Waals surface area contributed by atoms with Crippen LogP contribution < -0.4 is 4.90 Å². The van der Waals surface area contributed by atoms with Crippen LogP contribution in [0.4, 0.5) is 10.3 Å². The summed E-state index contributed by atoms with van der Waals surface area (Å²) < 4.78 is 22.3. The van der Waals surface area contributed by atoms with E-state index >= 15 is 0 Å². The second kappa shape index (κ2) is 10.0. The van der Waals surface area contributed by atoms with Crippen LogP contribution in [0.15, 0.2) is 61.2 Å². The van der Waals surface area contributed by atoms with Gasteiger partial charge in [-0.3, -0.25) is 0 Å². The van der Waals surface area contributed by atoms with Gasteiger partial charge in [0.1, 0.15) is 12.1 Å². The molecule has 174 valence electrons. The van der Waals surface area contributed by atoms with Gasteiger partial charge in [0.25, 0.3) is 0 Å². The van der Waals surface area contributed by atoms with E-state index in [4.69, 9.17) is 4.74 Å².